The molecule has 0 aliphatic heterocycles. The smallest absolute Gasteiger partial charge is 0.282 e. The molecule has 1 aromatic rings. The van der Waals surface area contributed by atoms with Gasteiger partial charge < -0.3 is 10.1 Å². The lowest BCUT2D eigenvalue weighted by Gasteiger charge is -2.03. The predicted molar refractivity (Wildman–Crippen MR) is 74.9 cm³/mol. The molecule has 0 aromatic carbocycles. The fraction of sp³-hybridized carbons (Fsp3) is 0.727. The maximum absolute atomic E-state index is 12.0. The van der Waals surface area contributed by atoms with Crippen molar-refractivity contribution in [1.82, 2.24) is 15.5 Å². The number of aromatic nitrogens is 2. The minimum Gasteiger partial charge on any atom is -0.385 e. The van der Waals surface area contributed by atoms with E-state index in [1.54, 1.807) is 7.11 Å². The van der Waals surface area contributed by atoms with Gasteiger partial charge in [-0.2, -0.15) is 0 Å². The van der Waals surface area contributed by atoms with Crippen LogP contribution in [0.1, 0.15) is 36.5 Å². The lowest BCUT2D eigenvalue weighted by Crippen LogP contribution is -2.25. The van der Waals surface area contributed by atoms with Gasteiger partial charge in [0, 0.05) is 25.5 Å². The number of rotatable bonds is 8. The Morgan fingerprint density at radius 3 is 2.89 bits per heavy atom. The van der Waals surface area contributed by atoms with Crippen LogP contribution in [-0.4, -0.2) is 45.8 Å². The Labute approximate surface area is 119 Å². The maximum atomic E-state index is 12.0. The Bertz CT molecular complexity index is 437. The Morgan fingerprint density at radius 2 is 2.26 bits per heavy atom. The number of carbonyl (C=O) groups excluding carboxylic acids is 1. The molecule has 6 nitrogen and oxygen atoms in total. The number of carbonyl (C=O) groups is 1. The van der Waals surface area contributed by atoms with E-state index < -0.39 is 10.8 Å². The number of hydrogen-bond acceptors (Lipinski definition) is 6. The van der Waals surface area contributed by atoms with Crippen molar-refractivity contribution in [2.24, 2.45) is 0 Å². The molecule has 1 heterocycles. The van der Waals surface area contributed by atoms with Crippen molar-refractivity contribution >= 4 is 28.0 Å². The molecule has 0 aliphatic rings. The summed E-state index contributed by atoms with van der Waals surface area (Å²) in [5, 5.41) is 10.6. The molecule has 8 heteroatoms. The van der Waals surface area contributed by atoms with Crippen LogP contribution in [0, 0.1) is 0 Å². The van der Waals surface area contributed by atoms with E-state index in [0.717, 1.165) is 24.2 Å². The second kappa shape index (κ2) is 8.34. The summed E-state index contributed by atoms with van der Waals surface area (Å²) in [6.07, 6.45) is 1.54. The Balaban J connectivity index is 2.54. The van der Waals surface area contributed by atoms with Gasteiger partial charge in [0.15, 0.2) is 0 Å². The molecule has 19 heavy (non-hydrogen) atoms. The second-order valence-electron chi connectivity index (χ2n) is 3.99. The van der Waals surface area contributed by atoms with Crippen LogP contribution >= 0.6 is 11.3 Å². The average molecular weight is 305 g/mol. The number of methoxy groups -OCH3 is 1. The Kier molecular flexibility index (Phi) is 7.11. The molecule has 2 atom stereocenters. The van der Waals surface area contributed by atoms with E-state index in [1.165, 1.54) is 0 Å². The third-order valence-corrected chi connectivity index (χ3v) is 5.47. The first-order valence-electron chi connectivity index (χ1n) is 6.11. The van der Waals surface area contributed by atoms with E-state index in [9.17, 15) is 9.00 Å². The van der Waals surface area contributed by atoms with Gasteiger partial charge in [-0.3, -0.25) is 9.00 Å². The van der Waals surface area contributed by atoms with Crippen LogP contribution in [0.25, 0.3) is 0 Å². The summed E-state index contributed by atoms with van der Waals surface area (Å²) in [5.41, 5.74) is 0. The molecule has 1 amide bonds. The Morgan fingerprint density at radius 1 is 1.53 bits per heavy atom. The highest BCUT2D eigenvalue weighted by Gasteiger charge is 2.19. The third-order valence-electron chi connectivity index (χ3n) is 2.52. The number of ether oxygens (including phenoxy) is 1. The molecule has 0 spiro atoms. The summed E-state index contributed by atoms with van der Waals surface area (Å²) in [5.74, 6) is -0.277. The van der Waals surface area contributed by atoms with E-state index in [2.05, 4.69) is 15.5 Å². The molecule has 0 bridgehead atoms. The first-order valence-corrected chi connectivity index (χ1v) is 8.14. The summed E-state index contributed by atoms with van der Waals surface area (Å²) in [7, 11) is 0.426. The van der Waals surface area contributed by atoms with Gasteiger partial charge in [-0.15, -0.1) is 10.2 Å². The molecule has 0 saturated heterocycles. The summed E-state index contributed by atoms with van der Waals surface area (Å²) in [6.45, 7) is 4.98. The summed E-state index contributed by atoms with van der Waals surface area (Å²) in [6, 6.07) is 0. The van der Waals surface area contributed by atoms with Crippen molar-refractivity contribution in [3.05, 3.63) is 5.01 Å². The van der Waals surface area contributed by atoms with Crippen LogP contribution in [-0.2, 0) is 15.5 Å². The van der Waals surface area contributed by atoms with E-state index in [0.29, 0.717) is 17.5 Å². The molecule has 0 saturated carbocycles. The monoisotopic (exact) mass is 305 g/mol. The zero-order valence-corrected chi connectivity index (χ0v) is 13.0. The van der Waals surface area contributed by atoms with E-state index >= 15 is 0 Å². The number of nitrogens with zero attached hydrogens (tertiary/aromatic N) is 2. The second-order valence-corrected chi connectivity index (χ2v) is 7.01. The standard InChI is InChI=1S/C11H19N3O3S2/c1-4-8(2)19(16)11-14-13-10(18-11)9(15)12-6-5-7-17-3/h8H,4-7H2,1-3H3,(H,12,15). The van der Waals surface area contributed by atoms with Gasteiger partial charge in [0.25, 0.3) is 5.91 Å². The molecular formula is C11H19N3O3S2. The molecule has 0 radical (unpaired) electrons. The highest BCUT2D eigenvalue weighted by atomic mass is 32.2. The third kappa shape index (κ3) is 4.96. The molecule has 0 aliphatic carbocycles. The number of nitrogens with one attached hydrogen (secondary N) is 1. The molecule has 108 valence electrons. The highest BCUT2D eigenvalue weighted by Crippen LogP contribution is 2.18. The van der Waals surface area contributed by atoms with Gasteiger partial charge in [-0.1, -0.05) is 25.2 Å². The van der Waals surface area contributed by atoms with E-state index in [-0.39, 0.29) is 16.2 Å². The lowest BCUT2D eigenvalue weighted by atomic mass is 10.4. The molecule has 1 rings (SSSR count). The molecule has 1 N–H and O–H groups in total. The zero-order chi connectivity index (χ0) is 14.3. The van der Waals surface area contributed by atoms with Crippen LogP contribution in [0.3, 0.4) is 0 Å². The van der Waals surface area contributed by atoms with Gasteiger partial charge in [0.1, 0.15) is 0 Å². The highest BCUT2D eigenvalue weighted by molar-refractivity contribution is 7.87. The first-order chi connectivity index (χ1) is 9.10. The number of amides is 1. The van der Waals surface area contributed by atoms with E-state index in [1.807, 2.05) is 13.8 Å². The van der Waals surface area contributed by atoms with E-state index in [4.69, 9.17) is 4.74 Å². The fourth-order valence-corrected chi connectivity index (χ4v) is 3.52. The minimum absolute atomic E-state index is 0.0190. The lowest BCUT2D eigenvalue weighted by molar-refractivity contribution is 0.0947. The summed E-state index contributed by atoms with van der Waals surface area (Å²) < 4.78 is 17.3. The topological polar surface area (TPSA) is 81.2 Å². The summed E-state index contributed by atoms with van der Waals surface area (Å²) in [4.78, 5) is 11.7. The van der Waals surface area contributed by atoms with Crippen LogP contribution in [0.4, 0.5) is 0 Å². The molecular weight excluding hydrogens is 286 g/mol. The van der Waals surface area contributed by atoms with Gasteiger partial charge in [-0.05, 0) is 12.8 Å². The molecule has 2 unspecified atom stereocenters. The van der Waals surface area contributed by atoms with Crippen molar-refractivity contribution < 1.29 is 13.7 Å². The SMILES string of the molecule is CCC(C)S(=O)c1nnc(C(=O)NCCCOC)s1. The quantitative estimate of drug-likeness (QED) is 0.730. The van der Waals surface area contributed by atoms with Gasteiger partial charge >= 0.3 is 0 Å². The van der Waals surface area contributed by atoms with Crippen molar-refractivity contribution in [2.75, 3.05) is 20.3 Å². The zero-order valence-electron chi connectivity index (χ0n) is 11.3. The van der Waals surface area contributed by atoms with Gasteiger partial charge in [0.2, 0.25) is 9.35 Å². The van der Waals surface area contributed by atoms with Gasteiger partial charge in [0.05, 0.1) is 10.8 Å². The Hall–Kier alpha value is -0.860. The minimum atomic E-state index is -1.19. The largest absolute Gasteiger partial charge is 0.385 e. The van der Waals surface area contributed by atoms with Crippen LogP contribution in [0.15, 0.2) is 4.34 Å². The fourth-order valence-electron chi connectivity index (χ4n) is 1.20. The first kappa shape index (κ1) is 16.2. The number of hydrogen-bond donors (Lipinski definition) is 1. The van der Waals surface area contributed by atoms with Crippen molar-refractivity contribution in [3.63, 3.8) is 0 Å². The van der Waals surface area contributed by atoms with Gasteiger partial charge in [-0.25, -0.2) is 0 Å². The van der Waals surface area contributed by atoms with Crippen molar-refractivity contribution in [2.45, 2.75) is 36.3 Å². The normalized spacial score (nSPS) is 14.1. The molecule has 0 fully saturated rings. The average Bonchev–Trinajstić information content (AvgIpc) is 2.91. The maximum Gasteiger partial charge on any atom is 0.282 e. The van der Waals surface area contributed by atoms with Crippen LogP contribution < -0.4 is 5.32 Å². The summed E-state index contributed by atoms with van der Waals surface area (Å²) >= 11 is 1.09. The van der Waals surface area contributed by atoms with Crippen molar-refractivity contribution in [1.29, 1.82) is 0 Å². The molecule has 1 aromatic heterocycles. The van der Waals surface area contributed by atoms with Crippen LogP contribution in [0.5, 0.6) is 0 Å². The predicted octanol–water partition coefficient (Wildman–Crippen LogP) is 1.21. The van der Waals surface area contributed by atoms with Crippen molar-refractivity contribution in [3.8, 4) is 0 Å². The van der Waals surface area contributed by atoms with Crippen LogP contribution in [0.2, 0.25) is 0 Å².